The molecular formula is C22H28N2O2. The van der Waals surface area contributed by atoms with Crippen LogP contribution in [0.25, 0.3) is 0 Å². The number of carbonyl (C=O) groups is 1. The van der Waals surface area contributed by atoms with Gasteiger partial charge in [0.2, 0.25) is 0 Å². The molecule has 0 fully saturated rings. The minimum atomic E-state index is -0.642. The van der Waals surface area contributed by atoms with E-state index in [0.717, 1.165) is 17.0 Å². The number of carbonyl (C=O) groups excluding carboxylic acids is 1. The molecule has 26 heavy (non-hydrogen) atoms. The highest BCUT2D eigenvalue weighted by Crippen LogP contribution is 2.39. The minimum Gasteiger partial charge on any atom is -0.493 e. The van der Waals surface area contributed by atoms with Gasteiger partial charge in [0.1, 0.15) is 11.4 Å². The molecular weight excluding hydrogens is 324 g/mol. The van der Waals surface area contributed by atoms with Gasteiger partial charge in [-0.1, -0.05) is 38.1 Å². The summed E-state index contributed by atoms with van der Waals surface area (Å²) in [5.41, 5.74) is 1.95. The van der Waals surface area contributed by atoms with Gasteiger partial charge >= 0.3 is 0 Å². The highest BCUT2D eigenvalue weighted by atomic mass is 16.5. The third-order valence-electron chi connectivity index (χ3n) is 4.73. The second kappa shape index (κ2) is 7.02. The number of amides is 1. The Balaban J connectivity index is 2.04. The van der Waals surface area contributed by atoms with Crippen molar-refractivity contribution in [1.29, 1.82) is 0 Å². The monoisotopic (exact) mass is 352 g/mol. The summed E-state index contributed by atoms with van der Waals surface area (Å²) in [7, 11) is 0. The van der Waals surface area contributed by atoms with Crippen LogP contribution < -0.4 is 10.1 Å². The maximum absolute atomic E-state index is 13.2. The van der Waals surface area contributed by atoms with Gasteiger partial charge in [-0.2, -0.15) is 0 Å². The lowest BCUT2D eigenvalue weighted by Crippen LogP contribution is -2.58. The first-order valence-electron chi connectivity index (χ1n) is 9.27. The Hall–Kier alpha value is -2.49. The molecule has 1 amide bonds. The fraction of sp³-hybridized carbons (Fsp3) is 0.409. The molecule has 4 heteroatoms. The van der Waals surface area contributed by atoms with Crippen molar-refractivity contribution in [1.82, 2.24) is 4.90 Å². The molecule has 0 aromatic heterocycles. The minimum absolute atomic E-state index is 0.0466. The topological polar surface area (TPSA) is 41.6 Å². The van der Waals surface area contributed by atoms with Gasteiger partial charge in [0, 0.05) is 17.3 Å². The van der Waals surface area contributed by atoms with Gasteiger partial charge in [-0.3, -0.25) is 4.79 Å². The molecule has 0 saturated carbocycles. The zero-order chi connectivity index (χ0) is 18.9. The molecule has 1 heterocycles. The van der Waals surface area contributed by atoms with Crippen LogP contribution in [0.3, 0.4) is 0 Å². The van der Waals surface area contributed by atoms with Crippen LogP contribution in [0.2, 0.25) is 0 Å². The first-order chi connectivity index (χ1) is 12.3. The lowest BCUT2D eigenvalue weighted by molar-refractivity contribution is 0.0433. The van der Waals surface area contributed by atoms with Crippen molar-refractivity contribution in [3.05, 3.63) is 59.7 Å². The van der Waals surface area contributed by atoms with E-state index in [1.54, 1.807) is 0 Å². The summed E-state index contributed by atoms with van der Waals surface area (Å²) in [6.07, 6.45) is 0. The van der Waals surface area contributed by atoms with Crippen molar-refractivity contribution >= 4 is 11.6 Å². The van der Waals surface area contributed by atoms with E-state index in [4.69, 9.17) is 4.74 Å². The van der Waals surface area contributed by atoms with Crippen molar-refractivity contribution in [2.75, 3.05) is 11.9 Å². The lowest BCUT2D eigenvalue weighted by Gasteiger charge is -2.48. The van der Waals surface area contributed by atoms with Crippen LogP contribution in [0.1, 0.15) is 50.5 Å². The van der Waals surface area contributed by atoms with Crippen LogP contribution in [-0.2, 0) is 5.66 Å². The molecule has 3 rings (SSSR count). The highest BCUT2D eigenvalue weighted by Gasteiger charge is 2.43. The first-order valence-corrected chi connectivity index (χ1v) is 9.27. The second-order valence-corrected chi connectivity index (χ2v) is 7.74. The van der Waals surface area contributed by atoms with Crippen LogP contribution in [-0.4, -0.2) is 23.5 Å². The van der Waals surface area contributed by atoms with E-state index in [9.17, 15) is 4.79 Å². The number of hydrogen-bond acceptors (Lipinski definition) is 3. The Bertz CT molecular complexity index is 800. The van der Waals surface area contributed by atoms with Crippen molar-refractivity contribution in [3.63, 3.8) is 0 Å². The Labute approximate surface area is 156 Å². The summed E-state index contributed by atoms with van der Waals surface area (Å²) in [5.74, 6) is 1.34. The van der Waals surface area contributed by atoms with Gasteiger partial charge in [0.05, 0.1) is 12.2 Å². The van der Waals surface area contributed by atoms with Gasteiger partial charge in [0.25, 0.3) is 5.91 Å². The number of hydrogen-bond donors (Lipinski definition) is 1. The van der Waals surface area contributed by atoms with Gasteiger partial charge in [-0.25, -0.2) is 0 Å². The van der Waals surface area contributed by atoms with E-state index in [2.05, 4.69) is 26.1 Å². The molecule has 0 bridgehead atoms. The van der Waals surface area contributed by atoms with Crippen LogP contribution in [0.15, 0.2) is 48.5 Å². The predicted molar refractivity (Wildman–Crippen MR) is 105 cm³/mol. The van der Waals surface area contributed by atoms with Gasteiger partial charge in [-0.15, -0.1) is 0 Å². The van der Waals surface area contributed by atoms with E-state index in [-0.39, 0.29) is 11.9 Å². The fourth-order valence-electron chi connectivity index (χ4n) is 3.55. The predicted octanol–water partition coefficient (Wildman–Crippen LogP) is 4.87. The summed E-state index contributed by atoms with van der Waals surface area (Å²) in [6, 6.07) is 15.8. The average Bonchev–Trinajstić information content (AvgIpc) is 2.60. The molecule has 2 aromatic rings. The number of anilines is 1. The molecule has 1 aliphatic rings. The number of para-hydroxylation sites is 1. The molecule has 0 saturated heterocycles. The Morgan fingerprint density at radius 2 is 1.81 bits per heavy atom. The smallest absolute Gasteiger partial charge is 0.258 e. The zero-order valence-corrected chi connectivity index (χ0v) is 16.2. The van der Waals surface area contributed by atoms with Gasteiger partial charge < -0.3 is 15.0 Å². The number of nitrogens with one attached hydrogen (secondary N) is 1. The van der Waals surface area contributed by atoms with Crippen molar-refractivity contribution < 1.29 is 9.53 Å². The van der Waals surface area contributed by atoms with Crippen molar-refractivity contribution in [2.24, 2.45) is 5.92 Å². The summed E-state index contributed by atoms with van der Waals surface area (Å²) >= 11 is 0. The molecule has 138 valence electrons. The fourth-order valence-corrected chi connectivity index (χ4v) is 3.55. The summed E-state index contributed by atoms with van der Waals surface area (Å²) in [4.78, 5) is 15.1. The normalized spacial score (nSPS) is 19.5. The second-order valence-electron chi connectivity index (χ2n) is 7.74. The van der Waals surface area contributed by atoms with Gasteiger partial charge in [-0.05, 0) is 51.0 Å². The van der Waals surface area contributed by atoms with E-state index in [1.165, 1.54) is 0 Å². The van der Waals surface area contributed by atoms with Crippen LogP contribution in [0.4, 0.5) is 5.69 Å². The molecule has 4 nitrogen and oxygen atoms in total. The standard InChI is InChI=1S/C22H28N2O2/c1-15(2)14-26-18-10-8-9-17(13-18)22(5)23-20-12-7-6-11-19(20)21(25)24(22)16(3)4/h6-13,15-16,23H,14H2,1-5H3. The summed E-state index contributed by atoms with van der Waals surface area (Å²) < 4.78 is 5.90. The van der Waals surface area contributed by atoms with Crippen molar-refractivity contribution in [2.45, 2.75) is 46.3 Å². The maximum Gasteiger partial charge on any atom is 0.258 e. The van der Waals surface area contributed by atoms with E-state index in [1.807, 2.05) is 67.3 Å². The Morgan fingerprint density at radius 3 is 2.50 bits per heavy atom. The number of benzene rings is 2. The highest BCUT2D eigenvalue weighted by molar-refractivity contribution is 6.02. The van der Waals surface area contributed by atoms with Crippen LogP contribution in [0.5, 0.6) is 5.75 Å². The third-order valence-corrected chi connectivity index (χ3v) is 4.73. The number of rotatable bonds is 5. The lowest BCUT2D eigenvalue weighted by atomic mass is 9.92. The molecule has 2 aromatic carbocycles. The van der Waals surface area contributed by atoms with E-state index < -0.39 is 5.66 Å². The first kappa shape index (κ1) is 18.3. The third kappa shape index (κ3) is 3.28. The molecule has 1 atom stereocenters. The molecule has 0 aliphatic carbocycles. The molecule has 1 N–H and O–H groups in total. The Kier molecular flexibility index (Phi) is 4.94. The van der Waals surface area contributed by atoms with E-state index in [0.29, 0.717) is 18.1 Å². The number of nitrogens with zero attached hydrogens (tertiary/aromatic N) is 1. The van der Waals surface area contributed by atoms with E-state index >= 15 is 0 Å². The average molecular weight is 352 g/mol. The van der Waals surface area contributed by atoms with Crippen molar-refractivity contribution in [3.8, 4) is 5.75 Å². The number of fused-ring (bicyclic) bond motifs is 1. The quantitative estimate of drug-likeness (QED) is 0.834. The SMILES string of the molecule is CC(C)COc1cccc(C2(C)Nc3ccccc3C(=O)N2C(C)C)c1. The molecule has 1 unspecified atom stereocenters. The largest absolute Gasteiger partial charge is 0.493 e. The van der Waals surface area contributed by atoms with Gasteiger partial charge in [0.15, 0.2) is 0 Å². The Morgan fingerprint density at radius 1 is 1.08 bits per heavy atom. The number of ether oxygens (including phenoxy) is 1. The van der Waals surface area contributed by atoms with Crippen LogP contribution >= 0.6 is 0 Å². The molecule has 0 radical (unpaired) electrons. The summed E-state index contributed by atoms with van der Waals surface area (Å²) in [6.45, 7) is 11.1. The summed E-state index contributed by atoms with van der Waals surface area (Å²) in [5, 5.41) is 3.59. The molecule has 1 aliphatic heterocycles. The maximum atomic E-state index is 13.2. The molecule has 0 spiro atoms. The van der Waals surface area contributed by atoms with Crippen LogP contribution in [0, 0.1) is 5.92 Å². The zero-order valence-electron chi connectivity index (χ0n) is 16.2.